The predicted molar refractivity (Wildman–Crippen MR) is 147 cm³/mol. The van der Waals surface area contributed by atoms with Crippen LogP contribution in [0.5, 0.6) is 11.5 Å². The molecule has 0 radical (unpaired) electrons. The molecule has 0 unspecified atom stereocenters. The van der Waals surface area contributed by atoms with Crippen LogP contribution in [-0.4, -0.2) is 11.8 Å². The number of nitrogens with one attached hydrogen (secondary N) is 1. The van der Waals surface area contributed by atoms with Gasteiger partial charge in [-0.15, -0.1) is 0 Å². The van der Waals surface area contributed by atoms with Gasteiger partial charge in [-0.3, -0.25) is 9.59 Å². The number of imide groups is 1. The quantitative estimate of drug-likeness (QED) is 0.293. The molecular formula is C31H24N2O3S. The van der Waals surface area contributed by atoms with Crippen molar-refractivity contribution in [2.75, 3.05) is 10.2 Å². The lowest BCUT2D eigenvalue weighted by atomic mass is 9.97. The Hall–Kier alpha value is -4.29. The number of rotatable bonds is 5. The van der Waals surface area contributed by atoms with Crippen LogP contribution in [-0.2, 0) is 16.0 Å². The van der Waals surface area contributed by atoms with Crippen LogP contribution in [0.4, 0.5) is 11.4 Å². The highest BCUT2D eigenvalue weighted by Crippen LogP contribution is 2.48. The van der Waals surface area contributed by atoms with Crippen molar-refractivity contribution in [1.29, 1.82) is 0 Å². The van der Waals surface area contributed by atoms with E-state index in [2.05, 4.69) is 12.2 Å². The van der Waals surface area contributed by atoms with Gasteiger partial charge in [0.05, 0.1) is 22.2 Å². The topological polar surface area (TPSA) is 58.6 Å². The molecule has 2 aliphatic rings. The summed E-state index contributed by atoms with van der Waals surface area (Å²) in [5, 5.41) is 3.55. The summed E-state index contributed by atoms with van der Waals surface area (Å²) in [4.78, 5) is 30.3. The van der Waals surface area contributed by atoms with Crippen LogP contribution in [0, 0.1) is 0 Å². The zero-order chi connectivity index (χ0) is 25.4. The van der Waals surface area contributed by atoms with Gasteiger partial charge in [0.15, 0.2) is 0 Å². The fourth-order valence-electron chi connectivity index (χ4n) is 4.64. The maximum absolute atomic E-state index is 13.9. The minimum Gasteiger partial charge on any atom is -0.457 e. The molecule has 0 aliphatic carbocycles. The first-order valence-electron chi connectivity index (χ1n) is 12.2. The van der Waals surface area contributed by atoms with Crippen LogP contribution in [0.3, 0.4) is 0 Å². The zero-order valence-electron chi connectivity index (χ0n) is 20.2. The molecule has 0 saturated heterocycles. The second-order valence-corrected chi connectivity index (χ2v) is 9.92. The predicted octanol–water partition coefficient (Wildman–Crippen LogP) is 7.13. The van der Waals surface area contributed by atoms with Gasteiger partial charge in [-0.25, -0.2) is 4.90 Å². The summed E-state index contributed by atoms with van der Waals surface area (Å²) in [6.07, 6.45) is 0.886. The van der Waals surface area contributed by atoms with Crippen molar-refractivity contribution in [3.05, 3.63) is 125 Å². The van der Waals surface area contributed by atoms with Gasteiger partial charge >= 0.3 is 0 Å². The summed E-state index contributed by atoms with van der Waals surface area (Å²) in [6, 6.07) is 32.1. The number of nitrogens with zero attached hydrogens (tertiary/aromatic N) is 1. The number of ether oxygens (including phenoxy) is 1. The van der Waals surface area contributed by atoms with Gasteiger partial charge in [-0.2, -0.15) is 0 Å². The van der Waals surface area contributed by atoms with E-state index in [0.717, 1.165) is 33.9 Å². The molecule has 2 heterocycles. The standard InChI is InChI=1S/C31H24N2O3S/c1-2-20-15-17-22(18-16-20)33-30(34)27-28(32-25-13-6-7-14-26(25)37-29(27)31(33)35)21-9-8-12-24(19-21)36-23-10-4-3-5-11-23/h3-19,28,32H,2H2,1H3/t28-/m1/s1. The molecule has 0 spiro atoms. The van der Waals surface area contributed by atoms with Crippen molar-refractivity contribution in [3.8, 4) is 11.5 Å². The minimum absolute atomic E-state index is 0.297. The van der Waals surface area contributed by atoms with Crippen molar-refractivity contribution in [2.45, 2.75) is 24.3 Å². The first-order valence-corrected chi connectivity index (χ1v) is 13.0. The monoisotopic (exact) mass is 504 g/mol. The Morgan fingerprint density at radius 1 is 0.811 bits per heavy atom. The van der Waals surface area contributed by atoms with Crippen molar-refractivity contribution >= 4 is 35.0 Å². The second kappa shape index (κ2) is 9.64. The summed E-state index contributed by atoms with van der Waals surface area (Å²) in [6.45, 7) is 2.07. The van der Waals surface area contributed by atoms with Crippen LogP contribution in [0.2, 0.25) is 0 Å². The van der Waals surface area contributed by atoms with Crippen LogP contribution >= 0.6 is 11.8 Å². The number of carbonyl (C=O) groups excluding carboxylic acids is 2. The molecule has 0 aromatic heterocycles. The van der Waals surface area contributed by atoms with Gasteiger partial charge in [-0.1, -0.05) is 73.3 Å². The Labute approximate surface area is 219 Å². The van der Waals surface area contributed by atoms with E-state index in [9.17, 15) is 9.59 Å². The third kappa shape index (κ3) is 4.30. The van der Waals surface area contributed by atoms with Crippen molar-refractivity contribution in [3.63, 3.8) is 0 Å². The van der Waals surface area contributed by atoms with Crippen molar-refractivity contribution in [1.82, 2.24) is 0 Å². The molecule has 0 bridgehead atoms. The molecule has 6 heteroatoms. The van der Waals surface area contributed by atoms with Crippen LogP contribution in [0.15, 0.2) is 119 Å². The SMILES string of the molecule is CCc1ccc(N2C(=O)C3=C(C2=O)[C@@H](c2cccc(Oc4ccccc4)c2)Nc2ccccc2S3)cc1. The molecule has 0 saturated carbocycles. The van der Waals surface area contributed by atoms with Gasteiger partial charge < -0.3 is 10.1 Å². The average molecular weight is 505 g/mol. The molecule has 4 aromatic carbocycles. The van der Waals surface area contributed by atoms with E-state index >= 15 is 0 Å². The zero-order valence-corrected chi connectivity index (χ0v) is 21.0. The normalized spacial score (nSPS) is 16.7. The molecule has 2 amide bonds. The fraction of sp³-hybridized carbons (Fsp3) is 0.0968. The Morgan fingerprint density at radius 3 is 2.32 bits per heavy atom. The first-order chi connectivity index (χ1) is 18.1. The average Bonchev–Trinajstić information content (AvgIpc) is 3.07. The van der Waals surface area contributed by atoms with Gasteiger partial charge in [0, 0.05) is 10.6 Å². The van der Waals surface area contributed by atoms with Crippen molar-refractivity contribution < 1.29 is 14.3 Å². The summed E-state index contributed by atoms with van der Waals surface area (Å²) in [5.41, 5.74) is 3.88. The lowest BCUT2D eigenvalue weighted by molar-refractivity contribution is -0.120. The molecule has 2 aliphatic heterocycles. The van der Waals surface area contributed by atoms with E-state index < -0.39 is 6.04 Å². The van der Waals surface area contributed by atoms with Crippen LogP contribution in [0.1, 0.15) is 24.1 Å². The number of benzene rings is 4. The summed E-state index contributed by atoms with van der Waals surface area (Å²) in [5.74, 6) is 0.774. The van der Waals surface area contributed by atoms with E-state index in [4.69, 9.17) is 4.74 Å². The maximum atomic E-state index is 13.9. The molecule has 37 heavy (non-hydrogen) atoms. The molecule has 0 fully saturated rings. The van der Waals surface area contributed by atoms with E-state index in [0.29, 0.717) is 21.9 Å². The van der Waals surface area contributed by atoms with E-state index in [1.807, 2.05) is 103 Å². The third-order valence-corrected chi connectivity index (χ3v) is 7.71. The number of fused-ring (bicyclic) bond motifs is 1. The van der Waals surface area contributed by atoms with Gasteiger partial charge in [0.1, 0.15) is 11.5 Å². The lowest BCUT2D eigenvalue weighted by Gasteiger charge is -2.23. The number of hydrogen-bond donors (Lipinski definition) is 1. The maximum Gasteiger partial charge on any atom is 0.272 e. The number of para-hydroxylation sites is 2. The molecule has 1 N–H and O–H groups in total. The lowest BCUT2D eigenvalue weighted by Crippen LogP contribution is -2.33. The summed E-state index contributed by atoms with van der Waals surface area (Å²) < 4.78 is 6.07. The highest BCUT2D eigenvalue weighted by Gasteiger charge is 2.45. The molecule has 1 atom stereocenters. The van der Waals surface area contributed by atoms with E-state index in [1.165, 1.54) is 16.7 Å². The summed E-state index contributed by atoms with van der Waals surface area (Å²) >= 11 is 1.35. The van der Waals surface area contributed by atoms with Crippen molar-refractivity contribution in [2.24, 2.45) is 0 Å². The van der Waals surface area contributed by atoms with E-state index in [-0.39, 0.29) is 11.8 Å². The number of anilines is 2. The number of carbonyl (C=O) groups is 2. The smallest absolute Gasteiger partial charge is 0.272 e. The molecular weight excluding hydrogens is 480 g/mol. The number of aryl methyl sites for hydroxylation is 1. The molecule has 182 valence electrons. The third-order valence-electron chi connectivity index (χ3n) is 6.54. The number of thioether (sulfide) groups is 1. The minimum atomic E-state index is -0.526. The summed E-state index contributed by atoms with van der Waals surface area (Å²) in [7, 11) is 0. The van der Waals surface area contributed by atoms with Gasteiger partial charge in [0.25, 0.3) is 11.8 Å². The van der Waals surface area contributed by atoms with Crippen LogP contribution < -0.4 is 15.0 Å². The highest BCUT2D eigenvalue weighted by atomic mass is 32.2. The molecule has 5 nitrogen and oxygen atoms in total. The molecule has 6 rings (SSSR count). The Kier molecular flexibility index (Phi) is 6.02. The van der Waals surface area contributed by atoms with Gasteiger partial charge in [-0.05, 0) is 66.1 Å². The number of hydrogen-bond acceptors (Lipinski definition) is 5. The Morgan fingerprint density at radius 2 is 1.54 bits per heavy atom. The number of amides is 2. The fourth-order valence-corrected chi connectivity index (χ4v) is 5.74. The second-order valence-electron chi connectivity index (χ2n) is 8.87. The molecule has 4 aromatic rings. The Balaban J connectivity index is 1.42. The largest absolute Gasteiger partial charge is 0.457 e. The van der Waals surface area contributed by atoms with Crippen LogP contribution in [0.25, 0.3) is 0 Å². The highest BCUT2D eigenvalue weighted by molar-refractivity contribution is 8.04. The van der Waals surface area contributed by atoms with Gasteiger partial charge in [0.2, 0.25) is 0 Å². The van der Waals surface area contributed by atoms with E-state index in [1.54, 1.807) is 0 Å². The Bertz CT molecular complexity index is 1530. The first kappa shape index (κ1) is 23.1.